The van der Waals surface area contributed by atoms with E-state index in [1.807, 2.05) is 74.0 Å². The monoisotopic (exact) mass is 543 g/mol. The van der Waals surface area contributed by atoms with Crippen LogP contribution in [0.3, 0.4) is 0 Å². The molecule has 0 fully saturated rings. The van der Waals surface area contributed by atoms with E-state index in [0.29, 0.717) is 23.0 Å². The number of rotatable bonds is 6. The van der Waals surface area contributed by atoms with Crippen LogP contribution < -0.4 is 10.6 Å². The van der Waals surface area contributed by atoms with Crippen molar-refractivity contribution >= 4 is 27.3 Å². The standard InChI is InChI=1S/C29H29N5O4S/c1-29(2,3)25-16-26(33-38-25)32-28(35)31-17-19-5-7-21(8-6-19)24-18-30-27-15-22(13-14-34(24)27)20-9-11-23(12-10-20)39(4,36)37/h5-16,18H,17H2,1-4H3,(H2,31,32,33,35). The van der Waals surface area contributed by atoms with Crippen LogP contribution in [-0.4, -0.2) is 35.2 Å². The maximum Gasteiger partial charge on any atom is 0.320 e. The fourth-order valence-corrected chi connectivity index (χ4v) is 4.72. The number of benzene rings is 2. The minimum atomic E-state index is -3.24. The second-order valence-electron chi connectivity index (χ2n) is 10.4. The number of sulfone groups is 1. The Balaban J connectivity index is 1.24. The molecular formula is C29H29N5O4S. The van der Waals surface area contributed by atoms with Crippen LogP contribution in [0.2, 0.25) is 0 Å². The molecule has 9 nitrogen and oxygen atoms in total. The number of urea groups is 1. The van der Waals surface area contributed by atoms with Gasteiger partial charge in [-0.3, -0.25) is 9.72 Å². The number of carbonyl (C=O) groups is 1. The zero-order valence-electron chi connectivity index (χ0n) is 22.1. The number of nitrogens with zero attached hydrogens (tertiary/aromatic N) is 3. The lowest BCUT2D eigenvalue weighted by atomic mass is 9.93. The van der Waals surface area contributed by atoms with Gasteiger partial charge in [-0.1, -0.05) is 62.3 Å². The van der Waals surface area contributed by atoms with Gasteiger partial charge in [-0.15, -0.1) is 0 Å². The third-order valence-electron chi connectivity index (χ3n) is 6.32. The first-order valence-corrected chi connectivity index (χ1v) is 14.3. The summed E-state index contributed by atoms with van der Waals surface area (Å²) in [6.45, 7) is 6.38. The van der Waals surface area contributed by atoms with E-state index in [-0.39, 0.29) is 11.4 Å². The number of imidazole rings is 1. The van der Waals surface area contributed by atoms with Crippen molar-refractivity contribution in [3.05, 3.63) is 90.4 Å². The molecule has 2 N–H and O–H groups in total. The van der Waals surface area contributed by atoms with Gasteiger partial charge in [0.15, 0.2) is 15.7 Å². The lowest BCUT2D eigenvalue weighted by Gasteiger charge is -2.12. The zero-order chi connectivity index (χ0) is 27.8. The maximum atomic E-state index is 12.3. The number of pyridine rings is 1. The van der Waals surface area contributed by atoms with Gasteiger partial charge in [0.25, 0.3) is 0 Å². The van der Waals surface area contributed by atoms with Crippen LogP contribution in [0.4, 0.5) is 10.6 Å². The molecular weight excluding hydrogens is 514 g/mol. The van der Waals surface area contributed by atoms with Crippen LogP contribution >= 0.6 is 0 Å². The number of amides is 2. The molecule has 0 aliphatic rings. The molecule has 2 amide bonds. The number of hydrogen-bond acceptors (Lipinski definition) is 6. The lowest BCUT2D eigenvalue weighted by Crippen LogP contribution is -2.28. The topological polar surface area (TPSA) is 119 Å². The summed E-state index contributed by atoms with van der Waals surface area (Å²) in [5, 5.41) is 9.42. The van der Waals surface area contributed by atoms with Crippen molar-refractivity contribution < 1.29 is 17.7 Å². The molecule has 200 valence electrons. The number of aromatic nitrogens is 3. The van der Waals surface area contributed by atoms with Gasteiger partial charge in [0.1, 0.15) is 11.4 Å². The summed E-state index contributed by atoms with van der Waals surface area (Å²) in [5.41, 5.74) is 5.30. The summed E-state index contributed by atoms with van der Waals surface area (Å²) in [6, 6.07) is 20.0. The highest BCUT2D eigenvalue weighted by Crippen LogP contribution is 2.27. The summed E-state index contributed by atoms with van der Waals surface area (Å²) in [5.74, 6) is 1.06. The average Bonchev–Trinajstić information content (AvgIpc) is 3.54. The molecule has 0 saturated heterocycles. The molecule has 0 bridgehead atoms. The first-order chi connectivity index (χ1) is 18.5. The highest BCUT2D eigenvalue weighted by Gasteiger charge is 2.20. The quantitative estimate of drug-likeness (QED) is 0.284. The van der Waals surface area contributed by atoms with E-state index in [2.05, 4.69) is 20.8 Å². The molecule has 0 spiro atoms. The molecule has 0 radical (unpaired) electrons. The molecule has 0 aliphatic carbocycles. The van der Waals surface area contributed by atoms with Crippen LogP contribution in [0.25, 0.3) is 28.0 Å². The van der Waals surface area contributed by atoms with Crippen LogP contribution in [0, 0.1) is 0 Å². The van der Waals surface area contributed by atoms with Crippen molar-refractivity contribution in [1.29, 1.82) is 0 Å². The number of nitrogens with one attached hydrogen (secondary N) is 2. The van der Waals surface area contributed by atoms with E-state index < -0.39 is 9.84 Å². The van der Waals surface area contributed by atoms with E-state index >= 15 is 0 Å². The fourth-order valence-electron chi connectivity index (χ4n) is 4.09. The third-order valence-corrected chi connectivity index (χ3v) is 7.45. The van der Waals surface area contributed by atoms with E-state index in [1.54, 1.807) is 30.3 Å². The van der Waals surface area contributed by atoms with Gasteiger partial charge in [-0.2, -0.15) is 0 Å². The molecule has 3 aromatic heterocycles. The Morgan fingerprint density at radius 1 is 0.949 bits per heavy atom. The van der Waals surface area contributed by atoms with Crippen molar-refractivity contribution in [3.8, 4) is 22.4 Å². The highest BCUT2D eigenvalue weighted by atomic mass is 32.2. The molecule has 5 rings (SSSR count). The highest BCUT2D eigenvalue weighted by molar-refractivity contribution is 7.90. The van der Waals surface area contributed by atoms with Gasteiger partial charge in [-0.05, 0) is 41.0 Å². The largest absolute Gasteiger partial charge is 0.359 e. The normalized spacial score (nSPS) is 12.0. The Morgan fingerprint density at radius 2 is 1.64 bits per heavy atom. The minimum absolute atomic E-state index is 0.192. The van der Waals surface area contributed by atoms with Crippen molar-refractivity contribution in [1.82, 2.24) is 19.9 Å². The van der Waals surface area contributed by atoms with Gasteiger partial charge in [0.05, 0.1) is 16.8 Å². The minimum Gasteiger partial charge on any atom is -0.359 e. The Kier molecular flexibility index (Phi) is 6.73. The predicted octanol–water partition coefficient (Wildman–Crippen LogP) is 5.68. The van der Waals surface area contributed by atoms with Crippen molar-refractivity contribution in [2.75, 3.05) is 11.6 Å². The van der Waals surface area contributed by atoms with Gasteiger partial charge < -0.3 is 9.84 Å². The average molecular weight is 544 g/mol. The van der Waals surface area contributed by atoms with Crippen molar-refractivity contribution in [2.45, 2.75) is 37.6 Å². The summed E-state index contributed by atoms with van der Waals surface area (Å²) in [6.07, 6.45) is 4.96. The number of anilines is 1. The van der Waals surface area contributed by atoms with E-state index in [1.165, 1.54) is 6.26 Å². The molecule has 3 heterocycles. The Labute approximate surface area is 226 Å². The SMILES string of the molecule is CC(C)(C)c1cc(NC(=O)NCc2ccc(-c3cnc4cc(-c5ccc(S(C)(=O)=O)cc5)ccn34)cc2)no1. The molecule has 0 saturated carbocycles. The van der Waals surface area contributed by atoms with Crippen LogP contribution in [0.15, 0.2) is 88.5 Å². The molecule has 0 aliphatic heterocycles. The molecule has 0 unspecified atom stereocenters. The first kappa shape index (κ1) is 26.2. The Hall–Kier alpha value is -4.44. The fraction of sp³-hybridized carbons (Fsp3) is 0.207. The molecule has 10 heteroatoms. The summed E-state index contributed by atoms with van der Waals surface area (Å²) in [4.78, 5) is 17.1. The summed E-state index contributed by atoms with van der Waals surface area (Å²) < 4.78 is 30.8. The maximum absolute atomic E-state index is 12.3. The Morgan fingerprint density at radius 3 is 2.28 bits per heavy atom. The zero-order valence-corrected chi connectivity index (χ0v) is 22.9. The van der Waals surface area contributed by atoms with Gasteiger partial charge in [-0.25, -0.2) is 18.2 Å². The predicted molar refractivity (Wildman–Crippen MR) is 150 cm³/mol. The summed E-state index contributed by atoms with van der Waals surface area (Å²) >= 11 is 0. The van der Waals surface area contributed by atoms with E-state index in [0.717, 1.165) is 33.6 Å². The second kappa shape index (κ2) is 10.0. The smallest absolute Gasteiger partial charge is 0.320 e. The molecule has 39 heavy (non-hydrogen) atoms. The van der Waals surface area contributed by atoms with Gasteiger partial charge in [0.2, 0.25) is 0 Å². The van der Waals surface area contributed by atoms with Crippen LogP contribution in [-0.2, 0) is 21.8 Å². The van der Waals surface area contributed by atoms with Crippen LogP contribution in [0.5, 0.6) is 0 Å². The van der Waals surface area contributed by atoms with Crippen molar-refractivity contribution in [2.24, 2.45) is 0 Å². The van der Waals surface area contributed by atoms with Gasteiger partial charge in [0, 0.05) is 36.0 Å². The second-order valence-corrected chi connectivity index (χ2v) is 12.4. The number of hydrogen-bond donors (Lipinski definition) is 2. The molecule has 5 aromatic rings. The Bertz CT molecular complexity index is 1750. The van der Waals surface area contributed by atoms with Gasteiger partial charge >= 0.3 is 6.03 Å². The third kappa shape index (κ3) is 5.85. The number of carbonyl (C=O) groups excluding carboxylic acids is 1. The molecule has 0 atom stereocenters. The first-order valence-electron chi connectivity index (χ1n) is 12.4. The summed E-state index contributed by atoms with van der Waals surface area (Å²) in [7, 11) is -3.24. The van der Waals surface area contributed by atoms with E-state index in [4.69, 9.17) is 4.52 Å². The van der Waals surface area contributed by atoms with Crippen LogP contribution in [0.1, 0.15) is 32.1 Å². The molecule has 2 aromatic carbocycles. The lowest BCUT2D eigenvalue weighted by molar-refractivity contribution is 0.251. The van der Waals surface area contributed by atoms with E-state index in [9.17, 15) is 13.2 Å². The number of fused-ring (bicyclic) bond motifs is 1. The van der Waals surface area contributed by atoms with Crippen molar-refractivity contribution in [3.63, 3.8) is 0 Å².